The number of nitrogens with zero attached hydrogens (tertiary/aromatic N) is 5. The molecule has 1 N–H and O–H groups in total. The normalized spacial score (nSPS) is 21.6. The van der Waals surface area contributed by atoms with Crippen LogP contribution in [0, 0.1) is 5.41 Å². The van der Waals surface area contributed by atoms with Crippen LogP contribution in [0.2, 0.25) is 0 Å². The minimum absolute atomic E-state index is 0.0608. The average molecular weight is 449 g/mol. The molecule has 0 atom stereocenters. The molecule has 0 unspecified atom stereocenters. The fourth-order valence-electron chi connectivity index (χ4n) is 6.06. The van der Waals surface area contributed by atoms with Crippen LogP contribution in [0.1, 0.15) is 39.0 Å². The Bertz CT molecular complexity index is 982. The molecule has 8 heteroatoms. The van der Waals surface area contributed by atoms with E-state index in [1.165, 1.54) is 0 Å². The summed E-state index contributed by atoms with van der Waals surface area (Å²) < 4.78 is 0. The van der Waals surface area contributed by atoms with Gasteiger partial charge < -0.3 is 20.0 Å². The summed E-state index contributed by atoms with van der Waals surface area (Å²) in [6, 6.07) is 11.3. The van der Waals surface area contributed by atoms with Gasteiger partial charge in [-0.2, -0.15) is 0 Å². The maximum absolute atomic E-state index is 13.7. The summed E-state index contributed by atoms with van der Waals surface area (Å²) in [6.07, 6.45) is 7.77. The molecule has 3 saturated heterocycles. The number of amides is 3. The van der Waals surface area contributed by atoms with Crippen LogP contribution in [0.25, 0.3) is 0 Å². The van der Waals surface area contributed by atoms with Crippen molar-refractivity contribution in [3.8, 4) is 0 Å². The minimum atomic E-state index is -0.296. The second kappa shape index (κ2) is 8.65. The summed E-state index contributed by atoms with van der Waals surface area (Å²) in [5.41, 5.74) is 0.374. The first-order valence-corrected chi connectivity index (χ1v) is 12.0. The number of piperidine rings is 2. The third-order valence-corrected chi connectivity index (χ3v) is 7.82. The number of carbonyl (C=O) groups excluding carboxylic acids is 2. The number of aromatic nitrogens is 2. The lowest BCUT2D eigenvalue weighted by molar-refractivity contribution is -0.139. The molecule has 3 aliphatic rings. The molecular weight excluding hydrogens is 416 g/mol. The van der Waals surface area contributed by atoms with E-state index >= 15 is 0 Å². The molecule has 3 amide bonds. The molecule has 4 heterocycles. The molecule has 8 nitrogen and oxygen atoms in total. The Kier molecular flexibility index (Phi) is 5.68. The van der Waals surface area contributed by atoms with E-state index in [2.05, 4.69) is 32.0 Å². The van der Waals surface area contributed by atoms with Gasteiger partial charge in [-0.25, -0.2) is 14.8 Å². The molecule has 174 valence electrons. The Balaban J connectivity index is 1.25. The SMILES string of the molecule is CCN1C(=O)C2(CCN(c3ncccn3)CC2)CC12CCN(C(=O)Nc1ccccc1)CC2. The van der Waals surface area contributed by atoms with Gasteiger partial charge in [0.2, 0.25) is 11.9 Å². The Morgan fingerprint density at radius 1 is 0.970 bits per heavy atom. The van der Waals surface area contributed by atoms with Gasteiger partial charge in [0, 0.05) is 56.3 Å². The Morgan fingerprint density at radius 2 is 1.64 bits per heavy atom. The second-order valence-corrected chi connectivity index (χ2v) is 9.55. The minimum Gasteiger partial charge on any atom is -0.341 e. The largest absolute Gasteiger partial charge is 0.341 e. The fraction of sp³-hybridized carbons (Fsp3) is 0.520. The predicted molar refractivity (Wildman–Crippen MR) is 127 cm³/mol. The number of benzene rings is 1. The highest BCUT2D eigenvalue weighted by molar-refractivity contribution is 5.90. The van der Waals surface area contributed by atoms with E-state index in [0.717, 1.165) is 63.4 Å². The van der Waals surface area contributed by atoms with E-state index in [1.54, 1.807) is 12.4 Å². The van der Waals surface area contributed by atoms with Crippen LogP contribution in [0.4, 0.5) is 16.4 Å². The summed E-state index contributed by atoms with van der Waals surface area (Å²) >= 11 is 0. The van der Waals surface area contributed by atoms with Crippen molar-refractivity contribution < 1.29 is 9.59 Å². The highest BCUT2D eigenvalue weighted by Crippen LogP contribution is 2.52. The maximum Gasteiger partial charge on any atom is 0.321 e. The van der Waals surface area contributed by atoms with Gasteiger partial charge in [-0.3, -0.25) is 4.79 Å². The smallest absolute Gasteiger partial charge is 0.321 e. The number of nitrogens with one attached hydrogen (secondary N) is 1. The Morgan fingerprint density at radius 3 is 2.27 bits per heavy atom. The Hall–Kier alpha value is -3.16. The number of likely N-dealkylation sites (tertiary alicyclic amines) is 2. The first kappa shape index (κ1) is 21.7. The molecule has 0 saturated carbocycles. The van der Waals surface area contributed by atoms with Crippen molar-refractivity contribution in [3.05, 3.63) is 48.8 Å². The van der Waals surface area contributed by atoms with E-state index in [0.29, 0.717) is 19.0 Å². The van der Waals surface area contributed by atoms with E-state index in [-0.39, 0.29) is 17.0 Å². The van der Waals surface area contributed by atoms with Crippen LogP contribution in [-0.4, -0.2) is 70.0 Å². The molecule has 1 aromatic carbocycles. The Labute approximate surface area is 195 Å². The maximum atomic E-state index is 13.7. The van der Waals surface area contributed by atoms with Crippen molar-refractivity contribution >= 4 is 23.6 Å². The first-order chi connectivity index (χ1) is 16.1. The number of para-hydroxylation sites is 1. The molecule has 3 fully saturated rings. The lowest BCUT2D eigenvalue weighted by Gasteiger charge is -2.44. The number of urea groups is 1. The third kappa shape index (κ3) is 3.92. The lowest BCUT2D eigenvalue weighted by Crippen LogP contribution is -2.54. The molecule has 0 radical (unpaired) electrons. The number of carbonyl (C=O) groups is 2. The van der Waals surface area contributed by atoms with Gasteiger partial charge in [-0.05, 0) is 57.2 Å². The average Bonchev–Trinajstić information content (AvgIpc) is 3.07. The molecule has 0 aliphatic carbocycles. The lowest BCUT2D eigenvalue weighted by atomic mass is 9.71. The van der Waals surface area contributed by atoms with Crippen LogP contribution in [-0.2, 0) is 4.79 Å². The van der Waals surface area contributed by atoms with Crippen molar-refractivity contribution in [3.63, 3.8) is 0 Å². The topological polar surface area (TPSA) is 81.7 Å². The van der Waals surface area contributed by atoms with Gasteiger partial charge in [-0.1, -0.05) is 18.2 Å². The zero-order valence-corrected chi connectivity index (χ0v) is 19.2. The van der Waals surface area contributed by atoms with Crippen LogP contribution in [0.3, 0.4) is 0 Å². The van der Waals surface area contributed by atoms with Crippen molar-refractivity contribution in [1.82, 2.24) is 19.8 Å². The van der Waals surface area contributed by atoms with Gasteiger partial charge >= 0.3 is 6.03 Å². The molecule has 2 aromatic rings. The summed E-state index contributed by atoms with van der Waals surface area (Å²) in [7, 11) is 0. The molecule has 1 aromatic heterocycles. The van der Waals surface area contributed by atoms with Crippen LogP contribution < -0.4 is 10.2 Å². The standard InChI is InChI=1S/C25H32N6O2/c1-2-31-21(32)24(9-15-29(16-10-24)22-26-13-6-14-27-22)19-25(31)11-17-30(18-12-25)23(33)28-20-7-4-3-5-8-20/h3-8,13-14H,2,9-12,15-19H2,1H3,(H,28,33). The quantitative estimate of drug-likeness (QED) is 0.779. The molecule has 5 rings (SSSR count). The van der Waals surface area contributed by atoms with Gasteiger partial charge in [0.05, 0.1) is 5.41 Å². The highest BCUT2D eigenvalue weighted by Gasteiger charge is 2.59. The highest BCUT2D eigenvalue weighted by atomic mass is 16.2. The zero-order valence-electron chi connectivity index (χ0n) is 19.2. The van der Waals surface area contributed by atoms with Gasteiger partial charge in [0.25, 0.3) is 0 Å². The van der Waals surface area contributed by atoms with Crippen molar-refractivity contribution in [2.45, 2.75) is 44.6 Å². The van der Waals surface area contributed by atoms with Gasteiger partial charge in [-0.15, -0.1) is 0 Å². The number of anilines is 2. The van der Waals surface area contributed by atoms with Crippen molar-refractivity contribution in [1.29, 1.82) is 0 Å². The van der Waals surface area contributed by atoms with Crippen molar-refractivity contribution in [2.75, 3.05) is 42.9 Å². The van der Waals surface area contributed by atoms with E-state index < -0.39 is 0 Å². The number of hydrogen-bond acceptors (Lipinski definition) is 5. The third-order valence-electron chi connectivity index (χ3n) is 7.82. The predicted octanol–water partition coefficient (Wildman–Crippen LogP) is 3.38. The van der Waals surface area contributed by atoms with Gasteiger partial charge in [0.1, 0.15) is 0 Å². The van der Waals surface area contributed by atoms with E-state index in [4.69, 9.17) is 0 Å². The monoisotopic (exact) mass is 448 g/mol. The van der Waals surface area contributed by atoms with Crippen LogP contribution in [0.15, 0.2) is 48.8 Å². The van der Waals surface area contributed by atoms with E-state index in [1.807, 2.05) is 41.3 Å². The zero-order chi connectivity index (χ0) is 22.9. The van der Waals surface area contributed by atoms with Crippen LogP contribution in [0.5, 0.6) is 0 Å². The van der Waals surface area contributed by atoms with Gasteiger partial charge in [0.15, 0.2) is 0 Å². The van der Waals surface area contributed by atoms with E-state index in [9.17, 15) is 9.59 Å². The molecule has 2 spiro atoms. The second-order valence-electron chi connectivity index (χ2n) is 9.55. The molecule has 3 aliphatic heterocycles. The van der Waals surface area contributed by atoms with Crippen LogP contribution >= 0.6 is 0 Å². The summed E-state index contributed by atoms with van der Waals surface area (Å²) in [5, 5.41) is 2.99. The fourth-order valence-corrected chi connectivity index (χ4v) is 6.06. The molecule has 0 bridgehead atoms. The summed E-state index contributed by atoms with van der Waals surface area (Å²) in [5.74, 6) is 1.05. The summed E-state index contributed by atoms with van der Waals surface area (Å²) in [6.45, 7) is 5.75. The molecular formula is C25H32N6O2. The van der Waals surface area contributed by atoms with Crippen molar-refractivity contribution in [2.24, 2.45) is 5.41 Å². The number of hydrogen-bond donors (Lipinski definition) is 1. The molecule has 33 heavy (non-hydrogen) atoms. The number of rotatable bonds is 3. The first-order valence-electron chi connectivity index (χ1n) is 12.0. The summed E-state index contributed by atoms with van der Waals surface area (Å²) in [4.78, 5) is 41.4.